The summed E-state index contributed by atoms with van der Waals surface area (Å²) in [6, 6.07) is -0.0125. The Kier molecular flexibility index (Phi) is 5.74. The van der Waals surface area contributed by atoms with E-state index in [9.17, 15) is 4.79 Å². The minimum Gasteiger partial charge on any atom is -0.444 e. The van der Waals surface area contributed by atoms with E-state index in [0.717, 1.165) is 17.2 Å². The normalized spacial score (nSPS) is 26.8. The molecule has 3 rings (SSSR count). The van der Waals surface area contributed by atoms with Crippen LogP contribution < -0.4 is 11.5 Å². The van der Waals surface area contributed by atoms with Gasteiger partial charge in [0.25, 0.3) is 0 Å². The summed E-state index contributed by atoms with van der Waals surface area (Å²) in [7, 11) is 0. The molecule has 2 aromatic rings. The number of thiazole rings is 1. The Morgan fingerprint density at radius 3 is 2.73 bits per heavy atom. The van der Waals surface area contributed by atoms with Crippen LogP contribution in [0.4, 0.5) is 0 Å². The van der Waals surface area contributed by atoms with Gasteiger partial charge < -0.3 is 15.9 Å². The predicted molar refractivity (Wildman–Crippen MR) is 105 cm³/mol. The van der Waals surface area contributed by atoms with Gasteiger partial charge in [0, 0.05) is 40.1 Å². The summed E-state index contributed by atoms with van der Waals surface area (Å²) in [5.74, 6) is 1.74. The average molecular weight is 395 g/mol. The third-order valence-corrected chi connectivity index (χ3v) is 7.11. The molecule has 4 N–H and O–H groups in total. The molecule has 0 aromatic carbocycles. The third-order valence-electron chi connectivity index (χ3n) is 4.82. The maximum atomic E-state index is 12.0. The van der Waals surface area contributed by atoms with Crippen LogP contribution in [0.5, 0.6) is 0 Å². The Hall–Kier alpha value is -1.38. The Morgan fingerprint density at radius 2 is 2.15 bits per heavy atom. The van der Waals surface area contributed by atoms with Gasteiger partial charge in [0.05, 0.1) is 17.0 Å². The number of nitrogens with two attached hydrogens (primary N) is 2. The standard InChI is InChI=1S/C18H26N4O2S2/c1-18(2,3)14-8-22-15(24-14)9-26-13-7-10(16(20)23)11(6-12(13)19)17-21-4-5-25-17/h4-5,8,10-13H,6-7,9,19H2,1-3H3,(H2,20,23). The molecule has 1 fully saturated rings. The van der Waals surface area contributed by atoms with Crippen molar-refractivity contribution in [2.45, 2.75) is 62.0 Å². The lowest BCUT2D eigenvalue weighted by atomic mass is 9.76. The molecule has 1 saturated carbocycles. The second-order valence-corrected chi connectivity index (χ2v) is 9.99. The first kappa shape index (κ1) is 19.4. The van der Waals surface area contributed by atoms with Crippen molar-refractivity contribution in [3.05, 3.63) is 34.4 Å². The topological polar surface area (TPSA) is 108 Å². The van der Waals surface area contributed by atoms with Crippen molar-refractivity contribution in [3.8, 4) is 0 Å². The van der Waals surface area contributed by atoms with Crippen LogP contribution in [-0.4, -0.2) is 27.2 Å². The van der Waals surface area contributed by atoms with E-state index < -0.39 is 0 Å². The maximum Gasteiger partial charge on any atom is 0.221 e. The van der Waals surface area contributed by atoms with Crippen LogP contribution in [0.3, 0.4) is 0 Å². The summed E-state index contributed by atoms with van der Waals surface area (Å²) in [6.45, 7) is 6.28. The number of oxazole rings is 1. The first-order valence-corrected chi connectivity index (χ1v) is 10.7. The fourth-order valence-corrected chi connectivity index (χ4v) is 5.31. The lowest BCUT2D eigenvalue weighted by Gasteiger charge is -2.37. The third kappa shape index (κ3) is 4.29. The zero-order valence-electron chi connectivity index (χ0n) is 15.3. The number of rotatable bonds is 5. The minimum atomic E-state index is -0.270. The summed E-state index contributed by atoms with van der Waals surface area (Å²) in [5.41, 5.74) is 12.1. The molecule has 0 spiro atoms. The minimum absolute atomic E-state index is 0.0125. The lowest BCUT2D eigenvalue weighted by Crippen LogP contribution is -2.45. The molecule has 26 heavy (non-hydrogen) atoms. The highest BCUT2D eigenvalue weighted by molar-refractivity contribution is 7.99. The smallest absolute Gasteiger partial charge is 0.221 e. The first-order chi connectivity index (χ1) is 12.3. The molecule has 6 nitrogen and oxygen atoms in total. The van der Waals surface area contributed by atoms with Crippen LogP contribution in [0.25, 0.3) is 0 Å². The number of primary amides is 1. The van der Waals surface area contributed by atoms with Crippen molar-refractivity contribution in [2.24, 2.45) is 17.4 Å². The Labute approximate surface area is 162 Å². The number of amides is 1. The molecule has 1 aliphatic carbocycles. The zero-order valence-corrected chi connectivity index (χ0v) is 17.0. The molecule has 4 unspecified atom stereocenters. The van der Waals surface area contributed by atoms with Crippen LogP contribution >= 0.6 is 23.1 Å². The largest absolute Gasteiger partial charge is 0.444 e. The monoisotopic (exact) mass is 394 g/mol. The van der Waals surface area contributed by atoms with E-state index in [1.54, 1.807) is 35.5 Å². The van der Waals surface area contributed by atoms with Crippen LogP contribution in [0.1, 0.15) is 56.2 Å². The number of carbonyl (C=O) groups is 1. The number of carbonyl (C=O) groups excluding carboxylic acids is 1. The van der Waals surface area contributed by atoms with Gasteiger partial charge in [0.2, 0.25) is 11.8 Å². The van der Waals surface area contributed by atoms with Gasteiger partial charge >= 0.3 is 0 Å². The fourth-order valence-electron chi connectivity index (χ4n) is 3.30. The van der Waals surface area contributed by atoms with Gasteiger partial charge in [-0.2, -0.15) is 0 Å². The highest BCUT2D eigenvalue weighted by Gasteiger charge is 2.40. The van der Waals surface area contributed by atoms with E-state index in [1.807, 2.05) is 5.38 Å². The Morgan fingerprint density at radius 1 is 1.38 bits per heavy atom. The van der Waals surface area contributed by atoms with Crippen LogP contribution in [0.2, 0.25) is 0 Å². The summed E-state index contributed by atoms with van der Waals surface area (Å²) in [5, 5.41) is 3.03. The van der Waals surface area contributed by atoms with E-state index in [-0.39, 0.29) is 34.4 Å². The lowest BCUT2D eigenvalue weighted by molar-refractivity contribution is -0.123. The van der Waals surface area contributed by atoms with Crippen molar-refractivity contribution in [2.75, 3.05) is 0 Å². The van der Waals surface area contributed by atoms with E-state index in [4.69, 9.17) is 15.9 Å². The molecule has 0 radical (unpaired) electrons. The molecule has 1 amide bonds. The van der Waals surface area contributed by atoms with E-state index in [0.29, 0.717) is 18.1 Å². The second-order valence-electron chi connectivity index (χ2n) is 7.84. The van der Waals surface area contributed by atoms with E-state index in [1.165, 1.54) is 0 Å². The van der Waals surface area contributed by atoms with Crippen LogP contribution in [0, 0.1) is 5.92 Å². The number of nitrogens with zero attached hydrogens (tertiary/aromatic N) is 2. The fraction of sp³-hybridized carbons (Fsp3) is 0.611. The van der Waals surface area contributed by atoms with Crippen molar-refractivity contribution in [3.63, 3.8) is 0 Å². The quantitative estimate of drug-likeness (QED) is 0.807. The molecular weight excluding hydrogens is 368 g/mol. The number of hydrogen-bond donors (Lipinski definition) is 2. The highest BCUT2D eigenvalue weighted by Crippen LogP contribution is 2.42. The average Bonchev–Trinajstić information content (AvgIpc) is 3.24. The van der Waals surface area contributed by atoms with Gasteiger partial charge in [-0.25, -0.2) is 9.97 Å². The summed E-state index contributed by atoms with van der Waals surface area (Å²) in [6.07, 6.45) is 4.94. The SMILES string of the molecule is CC(C)(C)c1cnc(CSC2CC(C(N)=O)C(c3nccs3)CC2N)o1. The molecule has 0 bridgehead atoms. The summed E-state index contributed by atoms with van der Waals surface area (Å²) >= 11 is 3.26. The van der Waals surface area contributed by atoms with Crippen molar-refractivity contribution < 1.29 is 9.21 Å². The maximum absolute atomic E-state index is 12.0. The molecule has 142 valence electrons. The van der Waals surface area contributed by atoms with Crippen LogP contribution in [0.15, 0.2) is 22.2 Å². The molecule has 4 atom stereocenters. The van der Waals surface area contributed by atoms with Crippen LogP contribution in [-0.2, 0) is 16.0 Å². The molecule has 2 aromatic heterocycles. The molecule has 0 aliphatic heterocycles. The molecule has 2 heterocycles. The molecule has 0 saturated heterocycles. The van der Waals surface area contributed by atoms with Gasteiger partial charge in [-0.1, -0.05) is 20.8 Å². The predicted octanol–water partition coefficient (Wildman–Crippen LogP) is 3.04. The molecule has 8 heteroatoms. The second kappa shape index (κ2) is 7.70. The number of thioether (sulfide) groups is 1. The van der Waals surface area contributed by atoms with E-state index in [2.05, 4.69) is 30.7 Å². The number of hydrogen-bond acceptors (Lipinski definition) is 7. The zero-order chi connectivity index (χ0) is 18.9. The van der Waals surface area contributed by atoms with Gasteiger partial charge in [-0.15, -0.1) is 23.1 Å². The Balaban J connectivity index is 1.65. The Bertz CT molecular complexity index is 739. The first-order valence-electron chi connectivity index (χ1n) is 8.76. The van der Waals surface area contributed by atoms with Crippen molar-refractivity contribution in [1.82, 2.24) is 9.97 Å². The molecule has 1 aliphatic rings. The van der Waals surface area contributed by atoms with Gasteiger partial charge in [-0.3, -0.25) is 4.79 Å². The van der Waals surface area contributed by atoms with E-state index >= 15 is 0 Å². The van der Waals surface area contributed by atoms with Gasteiger partial charge in [0.1, 0.15) is 5.76 Å². The summed E-state index contributed by atoms with van der Waals surface area (Å²) in [4.78, 5) is 20.8. The van der Waals surface area contributed by atoms with Crippen molar-refractivity contribution in [1.29, 1.82) is 0 Å². The number of aromatic nitrogens is 2. The highest BCUT2D eigenvalue weighted by atomic mass is 32.2. The van der Waals surface area contributed by atoms with Gasteiger partial charge in [-0.05, 0) is 12.8 Å². The van der Waals surface area contributed by atoms with Crippen molar-refractivity contribution >= 4 is 29.0 Å². The molecular formula is C18H26N4O2S2. The summed E-state index contributed by atoms with van der Waals surface area (Å²) < 4.78 is 5.86. The van der Waals surface area contributed by atoms with Gasteiger partial charge in [0.15, 0.2) is 0 Å².